The fraction of sp³-hybridized carbons (Fsp3) is 0. The van der Waals surface area contributed by atoms with Crippen LogP contribution >= 0.6 is 27.5 Å². The maximum atomic E-state index is 12.3. The molecule has 106 valence electrons. The van der Waals surface area contributed by atoms with Crippen LogP contribution in [0.2, 0.25) is 5.02 Å². The van der Waals surface area contributed by atoms with Gasteiger partial charge in [0.15, 0.2) is 5.82 Å². The number of nitrogens with zero attached hydrogens (tertiary/aromatic N) is 1. The molecule has 1 aromatic heterocycles. The van der Waals surface area contributed by atoms with Crippen LogP contribution in [0.5, 0.6) is 0 Å². The van der Waals surface area contributed by atoms with Crippen molar-refractivity contribution in [3.63, 3.8) is 0 Å². The molecule has 2 aromatic rings. The number of nitrogen functional groups attached to an aromatic ring is 1. The highest BCUT2D eigenvalue weighted by Crippen LogP contribution is 2.27. The van der Waals surface area contributed by atoms with Crippen molar-refractivity contribution in [3.05, 3.63) is 46.0 Å². The van der Waals surface area contributed by atoms with E-state index in [0.29, 0.717) is 15.2 Å². The van der Waals surface area contributed by atoms with Gasteiger partial charge in [-0.1, -0.05) is 11.6 Å². The van der Waals surface area contributed by atoms with Gasteiger partial charge in [-0.2, -0.15) is 0 Å². The van der Waals surface area contributed by atoms with E-state index in [1.165, 1.54) is 18.3 Å². The van der Waals surface area contributed by atoms with Gasteiger partial charge in [0.1, 0.15) is 4.90 Å². The molecule has 20 heavy (non-hydrogen) atoms. The summed E-state index contributed by atoms with van der Waals surface area (Å²) < 4.78 is 27.6. The summed E-state index contributed by atoms with van der Waals surface area (Å²) in [6.45, 7) is 0. The van der Waals surface area contributed by atoms with Crippen molar-refractivity contribution < 1.29 is 8.42 Å². The molecule has 6 nitrogen and oxygen atoms in total. The predicted molar refractivity (Wildman–Crippen MR) is 82.0 cm³/mol. The molecule has 0 aliphatic heterocycles. The third-order valence-corrected chi connectivity index (χ3v) is 5.00. The summed E-state index contributed by atoms with van der Waals surface area (Å²) in [4.78, 5) is 3.80. The molecule has 0 saturated heterocycles. The van der Waals surface area contributed by atoms with Gasteiger partial charge in [-0.15, -0.1) is 0 Å². The Labute approximate surface area is 129 Å². The lowest BCUT2D eigenvalue weighted by Gasteiger charge is -2.11. The number of aromatic nitrogens is 1. The highest BCUT2D eigenvalue weighted by Gasteiger charge is 2.19. The molecule has 9 heteroatoms. The lowest BCUT2D eigenvalue weighted by molar-refractivity contribution is 0.601. The average Bonchev–Trinajstić information content (AvgIpc) is 2.42. The SMILES string of the molecule is NNc1ncccc1S(=O)(=O)Nc1ccc(Cl)c(Br)c1. The number of halogens is 2. The molecule has 0 amide bonds. The van der Waals surface area contributed by atoms with Gasteiger partial charge in [0.25, 0.3) is 10.0 Å². The van der Waals surface area contributed by atoms with E-state index in [0.717, 1.165) is 0 Å². The topological polar surface area (TPSA) is 97.1 Å². The second-order valence-electron chi connectivity index (χ2n) is 3.73. The Morgan fingerprint density at radius 1 is 1.30 bits per heavy atom. The van der Waals surface area contributed by atoms with Crippen LogP contribution in [0.15, 0.2) is 45.9 Å². The summed E-state index contributed by atoms with van der Waals surface area (Å²) >= 11 is 9.08. The van der Waals surface area contributed by atoms with Crippen LogP contribution in [0.4, 0.5) is 11.5 Å². The largest absolute Gasteiger partial charge is 0.307 e. The monoisotopic (exact) mass is 376 g/mol. The van der Waals surface area contributed by atoms with Crippen molar-refractivity contribution in [2.75, 3.05) is 10.1 Å². The molecule has 0 aliphatic carbocycles. The first kappa shape index (κ1) is 15.0. The average molecular weight is 378 g/mol. The summed E-state index contributed by atoms with van der Waals surface area (Å²) in [7, 11) is -3.80. The second kappa shape index (κ2) is 5.96. The Morgan fingerprint density at radius 2 is 2.05 bits per heavy atom. The molecule has 0 aliphatic rings. The van der Waals surface area contributed by atoms with Gasteiger partial charge in [0, 0.05) is 10.7 Å². The molecule has 0 atom stereocenters. The first-order chi connectivity index (χ1) is 9.44. The van der Waals surface area contributed by atoms with E-state index in [-0.39, 0.29) is 10.7 Å². The molecular formula is C11H10BrClN4O2S. The first-order valence-corrected chi connectivity index (χ1v) is 7.99. The lowest BCUT2D eigenvalue weighted by Crippen LogP contribution is -2.18. The van der Waals surface area contributed by atoms with Gasteiger partial charge >= 0.3 is 0 Å². The molecule has 0 bridgehead atoms. The third-order valence-electron chi connectivity index (χ3n) is 2.37. The van der Waals surface area contributed by atoms with E-state index < -0.39 is 10.0 Å². The maximum absolute atomic E-state index is 12.3. The Balaban J connectivity index is 2.38. The zero-order valence-electron chi connectivity index (χ0n) is 9.97. The lowest BCUT2D eigenvalue weighted by atomic mass is 10.3. The minimum atomic E-state index is -3.80. The van der Waals surface area contributed by atoms with Crippen LogP contribution in [0, 0.1) is 0 Å². The number of nitrogens with two attached hydrogens (primary N) is 1. The van der Waals surface area contributed by atoms with Gasteiger partial charge in [0.2, 0.25) is 0 Å². The van der Waals surface area contributed by atoms with E-state index in [4.69, 9.17) is 17.4 Å². The van der Waals surface area contributed by atoms with Crippen molar-refractivity contribution in [2.45, 2.75) is 4.90 Å². The number of sulfonamides is 1. The maximum Gasteiger partial charge on any atom is 0.265 e. The molecule has 4 N–H and O–H groups in total. The number of benzene rings is 1. The van der Waals surface area contributed by atoms with Crippen molar-refractivity contribution in [3.8, 4) is 0 Å². The van der Waals surface area contributed by atoms with Crippen LogP contribution < -0.4 is 16.0 Å². The van der Waals surface area contributed by atoms with Gasteiger partial charge in [-0.3, -0.25) is 4.72 Å². The van der Waals surface area contributed by atoms with E-state index in [1.807, 2.05) is 0 Å². The van der Waals surface area contributed by atoms with E-state index >= 15 is 0 Å². The number of rotatable bonds is 4. The minimum absolute atomic E-state index is 0.0476. The van der Waals surface area contributed by atoms with Crippen molar-refractivity contribution in [1.82, 2.24) is 4.98 Å². The molecule has 2 rings (SSSR count). The molecule has 0 radical (unpaired) electrons. The fourth-order valence-electron chi connectivity index (χ4n) is 1.49. The molecule has 0 spiro atoms. The number of hydrogen-bond donors (Lipinski definition) is 3. The van der Waals surface area contributed by atoms with Crippen LogP contribution in [0.25, 0.3) is 0 Å². The normalized spacial score (nSPS) is 11.2. The Morgan fingerprint density at radius 3 is 2.70 bits per heavy atom. The number of anilines is 2. The standard InChI is InChI=1S/C11H10BrClN4O2S/c12-8-6-7(3-4-9(8)13)17-20(18,19)10-2-1-5-15-11(10)16-14/h1-6,17H,14H2,(H,15,16). The van der Waals surface area contributed by atoms with Crippen LogP contribution in [-0.2, 0) is 10.0 Å². The smallest absolute Gasteiger partial charge is 0.265 e. The van der Waals surface area contributed by atoms with Crippen LogP contribution in [-0.4, -0.2) is 13.4 Å². The van der Waals surface area contributed by atoms with Gasteiger partial charge in [0.05, 0.1) is 10.7 Å². The summed E-state index contributed by atoms with van der Waals surface area (Å²) in [6, 6.07) is 7.60. The van der Waals surface area contributed by atoms with Crippen LogP contribution in [0.1, 0.15) is 0 Å². The quantitative estimate of drug-likeness (QED) is 0.562. The summed E-state index contributed by atoms with van der Waals surface area (Å²) in [5.41, 5.74) is 2.62. The molecule has 0 unspecified atom stereocenters. The minimum Gasteiger partial charge on any atom is -0.307 e. The molecule has 0 fully saturated rings. The Hall–Kier alpha value is -1.35. The van der Waals surface area contributed by atoms with Gasteiger partial charge in [-0.25, -0.2) is 19.2 Å². The van der Waals surface area contributed by atoms with Crippen molar-refractivity contribution >= 4 is 49.1 Å². The van der Waals surface area contributed by atoms with Gasteiger partial charge in [-0.05, 0) is 46.3 Å². The predicted octanol–water partition coefficient (Wildman–Crippen LogP) is 2.58. The summed E-state index contributed by atoms with van der Waals surface area (Å²) in [5.74, 6) is 5.32. The molecule has 0 saturated carbocycles. The molecule has 1 heterocycles. The summed E-state index contributed by atoms with van der Waals surface area (Å²) in [6.07, 6.45) is 1.44. The number of hydrazine groups is 1. The van der Waals surface area contributed by atoms with Crippen molar-refractivity contribution in [2.24, 2.45) is 5.84 Å². The fourth-order valence-corrected chi connectivity index (χ4v) is 3.15. The number of pyridine rings is 1. The zero-order valence-corrected chi connectivity index (χ0v) is 13.1. The highest BCUT2D eigenvalue weighted by molar-refractivity contribution is 9.10. The zero-order chi connectivity index (χ0) is 14.8. The molecular weight excluding hydrogens is 368 g/mol. The Bertz CT molecular complexity index is 739. The third kappa shape index (κ3) is 3.21. The summed E-state index contributed by atoms with van der Waals surface area (Å²) in [5, 5.41) is 0.485. The molecule has 1 aromatic carbocycles. The van der Waals surface area contributed by atoms with E-state index in [9.17, 15) is 8.42 Å². The van der Waals surface area contributed by atoms with E-state index in [2.05, 4.69) is 31.1 Å². The first-order valence-electron chi connectivity index (χ1n) is 5.33. The van der Waals surface area contributed by atoms with Crippen molar-refractivity contribution in [1.29, 1.82) is 0 Å². The van der Waals surface area contributed by atoms with E-state index in [1.54, 1.807) is 18.2 Å². The van der Waals surface area contributed by atoms with Crippen LogP contribution in [0.3, 0.4) is 0 Å². The number of nitrogens with one attached hydrogen (secondary N) is 2. The number of hydrogen-bond acceptors (Lipinski definition) is 5. The van der Waals surface area contributed by atoms with Gasteiger partial charge < -0.3 is 5.43 Å². The highest BCUT2D eigenvalue weighted by atomic mass is 79.9. The Kier molecular flexibility index (Phi) is 4.48. The second-order valence-corrected chi connectivity index (χ2v) is 6.64.